The molecule has 6 nitrogen and oxygen atoms in total. The minimum Gasteiger partial charge on any atom is -0.348 e. The molecule has 2 fully saturated rings. The highest BCUT2D eigenvalue weighted by molar-refractivity contribution is 5.94. The molecule has 0 bridgehead atoms. The van der Waals surface area contributed by atoms with Gasteiger partial charge in [-0.1, -0.05) is 0 Å². The van der Waals surface area contributed by atoms with E-state index in [1.807, 2.05) is 6.20 Å². The molecule has 0 aromatic carbocycles. The summed E-state index contributed by atoms with van der Waals surface area (Å²) in [5.41, 5.74) is 0.642. The van der Waals surface area contributed by atoms with Gasteiger partial charge in [0, 0.05) is 49.3 Å². The molecule has 0 spiro atoms. The van der Waals surface area contributed by atoms with E-state index < -0.39 is 0 Å². The Morgan fingerprint density at radius 1 is 1.27 bits per heavy atom. The number of aromatic nitrogens is 3. The molecule has 1 N–H and O–H groups in total. The number of hydrogen-bond acceptors (Lipinski definition) is 4. The van der Waals surface area contributed by atoms with Gasteiger partial charge in [0.05, 0.1) is 0 Å². The van der Waals surface area contributed by atoms with Gasteiger partial charge in [0.25, 0.3) is 5.91 Å². The van der Waals surface area contributed by atoms with E-state index in [-0.39, 0.29) is 11.9 Å². The molecule has 4 rings (SSSR count). The van der Waals surface area contributed by atoms with Gasteiger partial charge in [-0.25, -0.2) is 9.97 Å². The first-order valence-corrected chi connectivity index (χ1v) is 7.79. The zero-order valence-electron chi connectivity index (χ0n) is 12.4. The number of carbonyl (C=O) groups is 1. The van der Waals surface area contributed by atoms with Crippen LogP contribution in [0.25, 0.3) is 5.82 Å². The Bertz CT molecular complexity index is 665. The second-order valence-corrected chi connectivity index (χ2v) is 6.06. The molecule has 6 heteroatoms. The summed E-state index contributed by atoms with van der Waals surface area (Å²) < 4.78 is 1.79. The molecule has 2 aromatic heterocycles. The van der Waals surface area contributed by atoms with Gasteiger partial charge in [-0.15, -0.1) is 0 Å². The second kappa shape index (κ2) is 5.53. The van der Waals surface area contributed by atoms with E-state index >= 15 is 0 Å². The lowest BCUT2D eigenvalue weighted by atomic mass is 10.2. The fourth-order valence-corrected chi connectivity index (χ4v) is 3.04. The second-order valence-electron chi connectivity index (χ2n) is 6.06. The summed E-state index contributed by atoms with van der Waals surface area (Å²) in [5.74, 6) is 0.683. The first-order chi connectivity index (χ1) is 10.8. The van der Waals surface area contributed by atoms with E-state index in [2.05, 4.69) is 20.2 Å². The SMILES string of the molecule is O=C(N[C@H]1CCN(C2CC2)C1)c1ccnc(-n2ccnc2)c1. The molecule has 0 radical (unpaired) electrons. The maximum Gasteiger partial charge on any atom is 0.251 e. The molecule has 1 atom stereocenters. The maximum absolute atomic E-state index is 12.4. The summed E-state index contributed by atoms with van der Waals surface area (Å²) in [6.45, 7) is 2.09. The highest BCUT2D eigenvalue weighted by atomic mass is 16.1. The molecule has 1 aliphatic heterocycles. The highest BCUT2D eigenvalue weighted by Gasteiger charge is 2.34. The fraction of sp³-hybridized carbons (Fsp3) is 0.438. The third-order valence-corrected chi connectivity index (χ3v) is 4.39. The van der Waals surface area contributed by atoms with Crippen LogP contribution in [0, 0.1) is 0 Å². The Kier molecular flexibility index (Phi) is 3.38. The quantitative estimate of drug-likeness (QED) is 0.922. The first-order valence-electron chi connectivity index (χ1n) is 7.79. The molecule has 114 valence electrons. The summed E-state index contributed by atoms with van der Waals surface area (Å²) in [4.78, 5) is 23.2. The van der Waals surface area contributed by atoms with Crippen molar-refractivity contribution in [3.63, 3.8) is 0 Å². The Balaban J connectivity index is 1.43. The topological polar surface area (TPSA) is 63.1 Å². The van der Waals surface area contributed by atoms with Crippen molar-refractivity contribution in [2.45, 2.75) is 31.3 Å². The third-order valence-electron chi connectivity index (χ3n) is 4.39. The van der Waals surface area contributed by atoms with Crippen LogP contribution in [0.4, 0.5) is 0 Å². The summed E-state index contributed by atoms with van der Waals surface area (Å²) in [6, 6.07) is 4.59. The van der Waals surface area contributed by atoms with Gasteiger partial charge in [-0.05, 0) is 31.4 Å². The van der Waals surface area contributed by atoms with Crippen molar-refractivity contribution >= 4 is 5.91 Å². The summed E-state index contributed by atoms with van der Waals surface area (Å²) in [5, 5.41) is 3.15. The summed E-state index contributed by atoms with van der Waals surface area (Å²) in [6.07, 6.45) is 10.5. The van der Waals surface area contributed by atoms with Gasteiger partial charge < -0.3 is 5.32 Å². The van der Waals surface area contributed by atoms with Crippen LogP contribution in [0.15, 0.2) is 37.1 Å². The van der Waals surface area contributed by atoms with Crippen molar-refractivity contribution in [3.05, 3.63) is 42.6 Å². The predicted octanol–water partition coefficient (Wildman–Crippen LogP) is 1.23. The van der Waals surface area contributed by atoms with Crippen LogP contribution >= 0.6 is 0 Å². The average Bonchev–Trinajstić information content (AvgIpc) is 3.06. The van der Waals surface area contributed by atoms with Crippen LogP contribution in [0.3, 0.4) is 0 Å². The lowest BCUT2D eigenvalue weighted by Gasteiger charge is -2.16. The van der Waals surface area contributed by atoms with Gasteiger partial charge in [0.1, 0.15) is 12.1 Å². The summed E-state index contributed by atoms with van der Waals surface area (Å²) in [7, 11) is 0. The van der Waals surface area contributed by atoms with Crippen LogP contribution in [-0.4, -0.2) is 50.5 Å². The molecule has 3 heterocycles. The zero-order chi connectivity index (χ0) is 14.9. The van der Waals surface area contributed by atoms with Gasteiger partial charge in [-0.2, -0.15) is 0 Å². The monoisotopic (exact) mass is 297 g/mol. The van der Waals surface area contributed by atoms with Gasteiger partial charge in [0.2, 0.25) is 0 Å². The summed E-state index contributed by atoms with van der Waals surface area (Å²) >= 11 is 0. The number of pyridine rings is 1. The number of nitrogens with zero attached hydrogens (tertiary/aromatic N) is 4. The predicted molar refractivity (Wildman–Crippen MR) is 81.8 cm³/mol. The minimum absolute atomic E-state index is 0.0218. The van der Waals surface area contributed by atoms with E-state index in [1.165, 1.54) is 12.8 Å². The van der Waals surface area contributed by atoms with E-state index in [0.29, 0.717) is 11.4 Å². The van der Waals surface area contributed by atoms with Gasteiger partial charge >= 0.3 is 0 Å². The number of nitrogens with one attached hydrogen (secondary N) is 1. The van der Waals surface area contributed by atoms with Gasteiger partial charge in [-0.3, -0.25) is 14.3 Å². The minimum atomic E-state index is -0.0218. The molecule has 2 aromatic rings. The molecule has 0 unspecified atom stereocenters. The molecule has 2 aliphatic rings. The van der Waals surface area contributed by atoms with Crippen LogP contribution < -0.4 is 5.32 Å². The molecule has 1 aliphatic carbocycles. The van der Waals surface area contributed by atoms with E-state index in [4.69, 9.17) is 0 Å². The van der Waals surface area contributed by atoms with E-state index in [1.54, 1.807) is 35.4 Å². The number of carbonyl (C=O) groups excluding carboxylic acids is 1. The number of imidazole rings is 1. The Labute approximate surface area is 129 Å². The van der Waals surface area contributed by atoms with Gasteiger partial charge in [0.15, 0.2) is 0 Å². The lowest BCUT2D eigenvalue weighted by Crippen LogP contribution is -2.37. The van der Waals surface area contributed by atoms with E-state index in [0.717, 1.165) is 25.6 Å². The zero-order valence-corrected chi connectivity index (χ0v) is 12.4. The Hall–Kier alpha value is -2.21. The van der Waals surface area contributed by atoms with Crippen molar-refractivity contribution in [2.75, 3.05) is 13.1 Å². The fourth-order valence-electron chi connectivity index (χ4n) is 3.04. The van der Waals surface area contributed by atoms with Crippen LogP contribution in [0.1, 0.15) is 29.6 Å². The molecule has 22 heavy (non-hydrogen) atoms. The molecule has 1 saturated carbocycles. The molecular formula is C16H19N5O. The number of likely N-dealkylation sites (tertiary alicyclic amines) is 1. The normalized spacial score (nSPS) is 21.9. The van der Waals surface area contributed by atoms with Crippen molar-refractivity contribution in [1.29, 1.82) is 0 Å². The van der Waals surface area contributed by atoms with Crippen LogP contribution in [0.5, 0.6) is 0 Å². The average molecular weight is 297 g/mol. The number of amides is 1. The van der Waals surface area contributed by atoms with Crippen molar-refractivity contribution < 1.29 is 4.79 Å². The Morgan fingerprint density at radius 3 is 2.95 bits per heavy atom. The number of rotatable bonds is 4. The molecule has 1 amide bonds. The standard InChI is InChI=1S/C16H19N5O/c22-16(19-13-4-7-20(10-13)14-1-2-14)12-3-5-18-15(9-12)21-8-6-17-11-21/h3,5-6,8-9,11,13-14H,1-2,4,7,10H2,(H,19,22)/t13-/m0/s1. The molecular weight excluding hydrogens is 278 g/mol. The van der Waals surface area contributed by atoms with Crippen LogP contribution in [-0.2, 0) is 0 Å². The van der Waals surface area contributed by atoms with Crippen molar-refractivity contribution in [3.8, 4) is 5.82 Å². The first kappa shape index (κ1) is 13.5. The maximum atomic E-state index is 12.4. The van der Waals surface area contributed by atoms with Crippen LogP contribution in [0.2, 0.25) is 0 Å². The van der Waals surface area contributed by atoms with Crippen molar-refractivity contribution in [1.82, 2.24) is 24.8 Å². The molecule has 1 saturated heterocycles. The lowest BCUT2D eigenvalue weighted by molar-refractivity contribution is 0.0937. The largest absolute Gasteiger partial charge is 0.348 e. The Morgan fingerprint density at radius 2 is 2.18 bits per heavy atom. The third kappa shape index (κ3) is 2.74. The van der Waals surface area contributed by atoms with E-state index in [9.17, 15) is 4.79 Å². The highest BCUT2D eigenvalue weighted by Crippen LogP contribution is 2.29. The van der Waals surface area contributed by atoms with Crippen molar-refractivity contribution in [2.24, 2.45) is 0 Å². The smallest absolute Gasteiger partial charge is 0.251 e. The number of hydrogen-bond donors (Lipinski definition) is 1.